The molecule has 1 atom stereocenters. The Hall–Kier alpha value is -2.93. The van der Waals surface area contributed by atoms with Gasteiger partial charge >= 0.3 is 0 Å². The highest BCUT2D eigenvalue weighted by atomic mass is 14.8. The first-order chi connectivity index (χ1) is 14.4. The standard InChI is InChI=1S/C28H27N/c1-3-9-21(10-4-1)15-17-27-24(19-22-11-5-2-6-12-22)20-26-25-14-8-7-13-23(25)16-18-28(26)29-27/h1-14,24H,15-20H2. The minimum absolute atomic E-state index is 0.492. The maximum Gasteiger partial charge on any atom is 0.0444 e. The van der Waals surface area contributed by atoms with Gasteiger partial charge in [-0.1, -0.05) is 84.9 Å². The van der Waals surface area contributed by atoms with Crippen LogP contribution < -0.4 is 0 Å². The van der Waals surface area contributed by atoms with Crippen LogP contribution in [0.15, 0.2) is 95.6 Å². The van der Waals surface area contributed by atoms with Gasteiger partial charge in [0.05, 0.1) is 0 Å². The summed E-state index contributed by atoms with van der Waals surface area (Å²) in [6.07, 6.45) is 6.53. The first kappa shape index (κ1) is 18.1. The van der Waals surface area contributed by atoms with Crippen LogP contribution in [-0.4, -0.2) is 5.71 Å². The van der Waals surface area contributed by atoms with Crippen molar-refractivity contribution in [3.05, 3.63) is 113 Å². The lowest BCUT2D eigenvalue weighted by Gasteiger charge is -2.31. The van der Waals surface area contributed by atoms with Crippen LogP contribution in [-0.2, 0) is 19.3 Å². The van der Waals surface area contributed by atoms with E-state index in [2.05, 4.69) is 84.9 Å². The van der Waals surface area contributed by atoms with Gasteiger partial charge in [0, 0.05) is 17.3 Å². The van der Waals surface area contributed by atoms with Crippen molar-refractivity contribution < 1.29 is 0 Å². The fraction of sp³-hybridized carbons (Fsp3) is 0.250. The quantitative estimate of drug-likeness (QED) is 0.470. The molecule has 0 saturated heterocycles. The van der Waals surface area contributed by atoms with E-state index >= 15 is 0 Å². The lowest BCUT2D eigenvalue weighted by molar-refractivity contribution is 0.665. The normalized spacial score (nSPS) is 18.1. The SMILES string of the molecule is c1ccc(CCC2=NC3=C(CC2Cc2ccccc2)c2ccccc2CC3)cc1. The van der Waals surface area contributed by atoms with Crippen molar-refractivity contribution >= 4 is 11.3 Å². The lowest BCUT2D eigenvalue weighted by atomic mass is 9.77. The van der Waals surface area contributed by atoms with Gasteiger partial charge in [0.2, 0.25) is 0 Å². The monoisotopic (exact) mass is 377 g/mol. The molecule has 0 saturated carbocycles. The Balaban J connectivity index is 1.46. The molecular formula is C28H27N. The number of rotatable bonds is 5. The predicted octanol–water partition coefficient (Wildman–Crippen LogP) is 6.68. The van der Waals surface area contributed by atoms with E-state index < -0.39 is 0 Å². The summed E-state index contributed by atoms with van der Waals surface area (Å²) >= 11 is 0. The molecule has 1 aliphatic carbocycles. The number of aliphatic imine (C=N–C) groups is 1. The van der Waals surface area contributed by atoms with Gasteiger partial charge in [-0.15, -0.1) is 0 Å². The van der Waals surface area contributed by atoms with Crippen LogP contribution in [0.25, 0.3) is 5.57 Å². The molecule has 144 valence electrons. The Labute approximate surface area is 173 Å². The maximum absolute atomic E-state index is 5.29. The van der Waals surface area contributed by atoms with Crippen LogP contribution in [0.5, 0.6) is 0 Å². The van der Waals surface area contributed by atoms with Crippen molar-refractivity contribution in [2.24, 2.45) is 10.9 Å². The summed E-state index contributed by atoms with van der Waals surface area (Å²) in [5.74, 6) is 0.492. The summed E-state index contributed by atoms with van der Waals surface area (Å²) in [5.41, 5.74) is 9.99. The summed E-state index contributed by atoms with van der Waals surface area (Å²) in [6.45, 7) is 0. The molecule has 3 aromatic rings. The number of benzene rings is 3. The van der Waals surface area contributed by atoms with Gasteiger partial charge in [-0.2, -0.15) is 0 Å². The Bertz CT molecular complexity index is 1040. The van der Waals surface area contributed by atoms with E-state index in [0.717, 1.165) is 38.5 Å². The average Bonchev–Trinajstić information content (AvgIpc) is 2.79. The van der Waals surface area contributed by atoms with Crippen molar-refractivity contribution in [2.45, 2.75) is 38.5 Å². The first-order valence-corrected chi connectivity index (χ1v) is 10.8. The van der Waals surface area contributed by atoms with Crippen molar-refractivity contribution in [1.29, 1.82) is 0 Å². The molecule has 0 bridgehead atoms. The van der Waals surface area contributed by atoms with Gasteiger partial charge in [0.1, 0.15) is 0 Å². The summed E-state index contributed by atoms with van der Waals surface area (Å²) in [5, 5.41) is 0. The van der Waals surface area contributed by atoms with E-state index in [1.807, 2.05) is 0 Å². The fourth-order valence-corrected chi connectivity index (χ4v) is 4.84. The zero-order valence-electron chi connectivity index (χ0n) is 16.9. The number of aryl methyl sites for hydroxylation is 2. The molecule has 0 spiro atoms. The van der Waals surface area contributed by atoms with Crippen molar-refractivity contribution in [3.8, 4) is 0 Å². The third kappa shape index (κ3) is 3.96. The largest absolute Gasteiger partial charge is 0.262 e. The molecule has 29 heavy (non-hydrogen) atoms. The Kier molecular flexibility index (Phi) is 5.13. The summed E-state index contributed by atoms with van der Waals surface area (Å²) in [6, 6.07) is 30.7. The van der Waals surface area contributed by atoms with Crippen LogP contribution in [0, 0.1) is 5.92 Å². The Morgan fingerprint density at radius 2 is 1.38 bits per heavy atom. The second-order valence-electron chi connectivity index (χ2n) is 8.26. The molecule has 0 N–H and O–H groups in total. The summed E-state index contributed by atoms with van der Waals surface area (Å²) in [4.78, 5) is 5.29. The molecule has 1 heteroatoms. The first-order valence-electron chi connectivity index (χ1n) is 10.8. The van der Waals surface area contributed by atoms with E-state index in [1.165, 1.54) is 39.2 Å². The molecule has 1 nitrogen and oxygen atoms in total. The van der Waals surface area contributed by atoms with Crippen LogP contribution in [0.4, 0.5) is 0 Å². The lowest BCUT2D eigenvalue weighted by Crippen LogP contribution is -2.24. The van der Waals surface area contributed by atoms with Crippen LogP contribution in [0.3, 0.4) is 0 Å². The average molecular weight is 378 g/mol. The molecule has 0 amide bonds. The predicted molar refractivity (Wildman–Crippen MR) is 122 cm³/mol. The number of hydrogen-bond donors (Lipinski definition) is 0. The highest BCUT2D eigenvalue weighted by Crippen LogP contribution is 2.40. The number of fused-ring (bicyclic) bond motifs is 2. The third-order valence-electron chi connectivity index (χ3n) is 6.36. The number of hydrogen-bond acceptors (Lipinski definition) is 1. The minimum Gasteiger partial charge on any atom is -0.262 e. The fourth-order valence-electron chi connectivity index (χ4n) is 4.84. The van der Waals surface area contributed by atoms with Gasteiger partial charge in [0.25, 0.3) is 0 Å². The summed E-state index contributed by atoms with van der Waals surface area (Å²) in [7, 11) is 0. The number of allylic oxidation sites excluding steroid dienone is 2. The van der Waals surface area contributed by atoms with Gasteiger partial charge in [0.15, 0.2) is 0 Å². The highest BCUT2D eigenvalue weighted by molar-refractivity contribution is 5.93. The Morgan fingerprint density at radius 1 is 0.690 bits per heavy atom. The van der Waals surface area contributed by atoms with E-state index in [0.29, 0.717) is 5.92 Å². The molecule has 5 rings (SSSR count). The zero-order valence-corrected chi connectivity index (χ0v) is 16.9. The highest BCUT2D eigenvalue weighted by Gasteiger charge is 2.28. The van der Waals surface area contributed by atoms with E-state index in [4.69, 9.17) is 4.99 Å². The van der Waals surface area contributed by atoms with Crippen molar-refractivity contribution in [1.82, 2.24) is 0 Å². The molecule has 1 aliphatic heterocycles. The topological polar surface area (TPSA) is 12.4 Å². The Morgan fingerprint density at radius 3 is 2.17 bits per heavy atom. The van der Waals surface area contributed by atoms with Crippen LogP contribution in [0.2, 0.25) is 0 Å². The molecule has 1 heterocycles. The van der Waals surface area contributed by atoms with Gasteiger partial charge in [-0.3, -0.25) is 4.99 Å². The van der Waals surface area contributed by atoms with Gasteiger partial charge < -0.3 is 0 Å². The molecule has 0 fully saturated rings. The zero-order chi connectivity index (χ0) is 19.5. The third-order valence-corrected chi connectivity index (χ3v) is 6.36. The van der Waals surface area contributed by atoms with E-state index in [-0.39, 0.29) is 0 Å². The van der Waals surface area contributed by atoms with Crippen molar-refractivity contribution in [2.75, 3.05) is 0 Å². The molecule has 3 aromatic carbocycles. The second kappa shape index (κ2) is 8.21. The van der Waals surface area contributed by atoms with Crippen LogP contribution in [0.1, 0.15) is 41.5 Å². The molecule has 0 aromatic heterocycles. The molecule has 1 unspecified atom stereocenters. The molecule has 0 radical (unpaired) electrons. The van der Waals surface area contributed by atoms with E-state index in [1.54, 1.807) is 0 Å². The summed E-state index contributed by atoms with van der Waals surface area (Å²) < 4.78 is 0. The van der Waals surface area contributed by atoms with Gasteiger partial charge in [-0.25, -0.2) is 0 Å². The maximum atomic E-state index is 5.29. The van der Waals surface area contributed by atoms with Crippen molar-refractivity contribution in [3.63, 3.8) is 0 Å². The van der Waals surface area contributed by atoms with E-state index in [9.17, 15) is 0 Å². The van der Waals surface area contributed by atoms with Crippen LogP contribution >= 0.6 is 0 Å². The smallest absolute Gasteiger partial charge is 0.0444 e. The molecule has 2 aliphatic rings. The second-order valence-corrected chi connectivity index (χ2v) is 8.26. The minimum atomic E-state index is 0.492. The molecular weight excluding hydrogens is 350 g/mol. The van der Waals surface area contributed by atoms with Gasteiger partial charge in [-0.05, 0) is 66.4 Å². The number of nitrogens with zero attached hydrogens (tertiary/aromatic N) is 1.